The SMILES string of the molecule is CC1CCCC(C)N1C(=O)CN1CCC(CO)C1. The van der Waals surface area contributed by atoms with Crippen molar-refractivity contribution in [1.29, 1.82) is 0 Å². The van der Waals surface area contributed by atoms with Crippen LogP contribution >= 0.6 is 0 Å². The smallest absolute Gasteiger partial charge is 0.237 e. The number of aliphatic hydroxyl groups is 1. The maximum Gasteiger partial charge on any atom is 0.237 e. The van der Waals surface area contributed by atoms with E-state index in [4.69, 9.17) is 5.11 Å². The Bertz CT molecular complexity index is 286. The van der Waals surface area contributed by atoms with E-state index < -0.39 is 0 Å². The number of hydrogen-bond donors (Lipinski definition) is 1. The average Bonchev–Trinajstić information content (AvgIpc) is 2.76. The summed E-state index contributed by atoms with van der Waals surface area (Å²) in [5.41, 5.74) is 0. The molecule has 2 aliphatic rings. The van der Waals surface area contributed by atoms with E-state index >= 15 is 0 Å². The van der Waals surface area contributed by atoms with Gasteiger partial charge in [-0.15, -0.1) is 0 Å². The average molecular weight is 254 g/mol. The number of hydrogen-bond acceptors (Lipinski definition) is 3. The molecule has 0 aromatic heterocycles. The lowest BCUT2D eigenvalue weighted by molar-refractivity contribution is -0.138. The van der Waals surface area contributed by atoms with Crippen molar-refractivity contribution in [3.05, 3.63) is 0 Å². The van der Waals surface area contributed by atoms with Gasteiger partial charge in [0.2, 0.25) is 5.91 Å². The molecule has 3 atom stereocenters. The molecule has 2 fully saturated rings. The van der Waals surface area contributed by atoms with E-state index in [0.29, 0.717) is 24.5 Å². The monoisotopic (exact) mass is 254 g/mol. The van der Waals surface area contributed by atoms with E-state index in [1.807, 2.05) is 0 Å². The number of carbonyl (C=O) groups is 1. The van der Waals surface area contributed by atoms with Crippen molar-refractivity contribution in [2.75, 3.05) is 26.2 Å². The summed E-state index contributed by atoms with van der Waals surface area (Å²) >= 11 is 0. The van der Waals surface area contributed by atoms with Crippen LogP contribution in [0, 0.1) is 5.92 Å². The molecular formula is C14H26N2O2. The maximum atomic E-state index is 12.4. The number of carbonyl (C=O) groups excluding carboxylic acids is 1. The molecule has 4 heteroatoms. The van der Waals surface area contributed by atoms with Gasteiger partial charge in [-0.3, -0.25) is 9.69 Å². The molecule has 0 spiro atoms. The summed E-state index contributed by atoms with van der Waals surface area (Å²) < 4.78 is 0. The molecule has 0 saturated carbocycles. The molecule has 0 aliphatic carbocycles. The van der Waals surface area contributed by atoms with Gasteiger partial charge in [0.05, 0.1) is 6.54 Å². The highest BCUT2D eigenvalue weighted by atomic mass is 16.3. The molecule has 2 rings (SSSR count). The fourth-order valence-electron chi connectivity index (χ4n) is 3.39. The molecule has 0 radical (unpaired) electrons. The van der Waals surface area contributed by atoms with Gasteiger partial charge >= 0.3 is 0 Å². The lowest BCUT2D eigenvalue weighted by Crippen LogP contribution is -2.50. The molecule has 2 aliphatic heterocycles. The number of piperidine rings is 1. The van der Waals surface area contributed by atoms with Crippen molar-refractivity contribution >= 4 is 5.91 Å². The molecule has 2 saturated heterocycles. The Morgan fingerprint density at radius 2 is 1.89 bits per heavy atom. The normalized spacial score (nSPS) is 33.9. The zero-order valence-corrected chi connectivity index (χ0v) is 11.6. The summed E-state index contributed by atoms with van der Waals surface area (Å²) in [6.07, 6.45) is 4.53. The molecule has 0 aromatic rings. The van der Waals surface area contributed by atoms with Crippen molar-refractivity contribution in [1.82, 2.24) is 9.80 Å². The number of amides is 1. The number of rotatable bonds is 3. The number of likely N-dealkylation sites (tertiary alicyclic amines) is 2. The van der Waals surface area contributed by atoms with Gasteiger partial charge < -0.3 is 10.0 Å². The van der Waals surface area contributed by atoms with E-state index in [0.717, 1.165) is 32.4 Å². The third-order valence-electron chi connectivity index (χ3n) is 4.47. The van der Waals surface area contributed by atoms with Crippen LogP contribution in [0.3, 0.4) is 0 Å². The van der Waals surface area contributed by atoms with E-state index in [-0.39, 0.29) is 12.5 Å². The van der Waals surface area contributed by atoms with Crippen molar-refractivity contribution in [2.45, 2.75) is 51.6 Å². The lowest BCUT2D eigenvalue weighted by atomic mass is 9.97. The summed E-state index contributed by atoms with van der Waals surface area (Å²) in [6, 6.07) is 0.773. The van der Waals surface area contributed by atoms with Gasteiger partial charge in [-0.2, -0.15) is 0 Å². The minimum absolute atomic E-state index is 0.251. The Hall–Kier alpha value is -0.610. The Labute approximate surface area is 110 Å². The number of nitrogens with zero attached hydrogens (tertiary/aromatic N) is 2. The first-order valence-electron chi connectivity index (χ1n) is 7.26. The molecule has 0 aromatic carbocycles. The Morgan fingerprint density at radius 3 is 2.44 bits per heavy atom. The highest BCUT2D eigenvalue weighted by Gasteiger charge is 2.31. The van der Waals surface area contributed by atoms with Crippen LogP contribution < -0.4 is 0 Å². The van der Waals surface area contributed by atoms with Crippen LogP contribution in [0.1, 0.15) is 39.5 Å². The van der Waals surface area contributed by atoms with E-state index in [9.17, 15) is 4.79 Å². The third-order valence-corrected chi connectivity index (χ3v) is 4.47. The fraction of sp³-hybridized carbons (Fsp3) is 0.929. The van der Waals surface area contributed by atoms with Crippen LogP contribution in [0.25, 0.3) is 0 Å². The first-order chi connectivity index (χ1) is 8.61. The van der Waals surface area contributed by atoms with Crippen molar-refractivity contribution < 1.29 is 9.90 Å². The topological polar surface area (TPSA) is 43.8 Å². The standard InChI is InChI=1S/C14H26N2O2/c1-11-4-3-5-12(2)16(11)14(18)9-15-7-6-13(8-15)10-17/h11-13,17H,3-10H2,1-2H3. The Kier molecular flexibility index (Phi) is 4.62. The first-order valence-corrected chi connectivity index (χ1v) is 7.26. The molecule has 2 heterocycles. The molecule has 1 N–H and O–H groups in total. The van der Waals surface area contributed by atoms with Gasteiger partial charge in [0.1, 0.15) is 0 Å². The molecule has 104 valence electrons. The summed E-state index contributed by atoms with van der Waals surface area (Å²) in [5, 5.41) is 9.13. The predicted molar refractivity (Wildman–Crippen MR) is 71.3 cm³/mol. The molecule has 1 amide bonds. The first kappa shape index (κ1) is 13.8. The van der Waals surface area contributed by atoms with Crippen LogP contribution in [-0.2, 0) is 4.79 Å². The second-order valence-corrected chi connectivity index (χ2v) is 6.00. The minimum Gasteiger partial charge on any atom is -0.396 e. The van der Waals surface area contributed by atoms with Gasteiger partial charge in [-0.25, -0.2) is 0 Å². The second-order valence-electron chi connectivity index (χ2n) is 6.00. The summed E-state index contributed by atoms with van der Waals surface area (Å²) in [6.45, 7) is 6.93. The van der Waals surface area contributed by atoms with Gasteiger partial charge in [-0.1, -0.05) is 0 Å². The molecule has 4 nitrogen and oxygen atoms in total. The van der Waals surface area contributed by atoms with Gasteiger partial charge in [0, 0.05) is 25.2 Å². The van der Waals surface area contributed by atoms with Gasteiger partial charge in [-0.05, 0) is 52.0 Å². The van der Waals surface area contributed by atoms with Crippen LogP contribution in [0.2, 0.25) is 0 Å². The van der Waals surface area contributed by atoms with Crippen LogP contribution in [0.4, 0.5) is 0 Å². The summed E-state index contributed by atoms with van der Waals surface area (Å²) in [5.74, 6) is 0.641. The van der Waals surface area contributed by atoms with Crippen LogP contribution in [0.15, 0.2) is 0 Å². The predicted octanol–water partition coefficient (Wildman–Crippen LogP) is 1.09. The maximum absolute atomic E-state index is 12.4. The molecule has 0 bridgehead atoms. The largest absolute Gasteiger partial charge is 0.396 e. The second kappa shape index (κ2) is 6.02. The third kappa shape index (κ3) is 3.04. The van der Waals surface area contributed by atoms with Crippen molar-refractivity contribution in [3.63, 3.8) is 0 Å². The molecule has 3 unspecified atom stereocenters. The Morgan fingerprint density at radius 1 is 1.22 bits per heavy atom. The quantitative estimate of drug-likeness (QED) is 0.820. The summed E-state index contributed by atoms with van der Waals surface area (Å²) in [4.78, 5) is 16.7. The van der Waals surface area contributed by atoms with Crippen LogP contribution in [0.5, 0.6) is 0 Å². The zero-order valence-electron chi connectivity index (χ0n) is 11.6. The minimum atomic E-state index is 0.251. The number of aliphatic hydroxyl groups excluding tert-OH is 1. The lowest BCUT2D eigenvalue weighted by Gasteiger charge is -2.39. The Balaban J connectivity index is 1.87. The van der Waals surface area contributed by atoms with Gasteiger partial charge in [0.15, 0.2) is 0 Å². The van der Waals surface area contributed by atoms with Gasteiger partial charge in [0.25, 0.3) is 0 Å². The molecule has 18 heavy (non-hydrogen) atoms. The van der Waals surface area contributed by atoms with E-state index in [1.54, 1.807) is 0 Å². The zero-order chi connectivity index (χ0) is 13.1. The van der Waals surface area contributed by atoms with Crippen molar-refractivity contribution in [2.24, 2.45) is 5.92 Å². The summed E-state index contributed by atoms with van der Waals surface area (Å²) in [7, 11) is 0. The highest BCUT2D eigenvalue weighted by Crippen LogP contribution is 2.23. The van der Waals surface area contributed by atoms with E-state index in [1.165, 1.54) is 6.42 Å². The highest BCUT2D eigenvalue weighted by molar-refractivity contribution is 5.79. The van der Waals surface area contributed by atoms with Crippen molar-refractivity contribution in [3.8, 4) is 0 Å². The van der Waals surface area contributed by atoms with Crippen LogP contribution in [-0.4, -0.2) is 59.1 Å². The van der Waals surface area contributed by atoms with E-state index in [2.05, 4.69) is 23.6 Å². The molecular weight excluding hydrogens is 228 g/mol. The fourth-order valence-corrected chi connectivity index (χ4v) is 3.39.